The molecule has 0 aromatic rings. The minimum absolute atomic E-state index is 0.0120. The maximum Gasteiger partial charge on any atom is 0.389 e. The molecule has 1 aliphatic carbocycles. The molecule has 0 aromatic heterocycles. The van der Waals surface area contributed by atoms with Gasteiger partial charge < -0.3 is 10.2 Å². The zero-order valence-corrected chi connectivity index (χ0v) is 13.7. The molecule has 0 aromatic carbocycles. The molecule has 1 fully saturated rings. The maximum absolute atomic E-state index is 12.4. The molecule has 1 N–H and O–H groups in total. The largest absolute Gasteiger partial charge is 0.389 e. The first-order valence-corrected chi connectivity index (χ1v) is 8.29. The number of nitrogens with zero attached hydrogens (tertiary/aromatic N) is 1. The first-order chi connectivity index (χ1) is 9.82. The van der Waals surface area contributed by atoms with Gasteiger partial charge in [0.05, 0.1) is 0 Å². The van der Waals surface area contributed by atoms with Crippen molar-refractivity contribution < 1.29 is 13.2 Å². The number of alkyl halides is 3. The standard InChI is InChI=1S/C16H31F3N2/c1-4-20-14(10-9-13-16(17,18)19)15(21(2)3)11-7-5-6-8-12-15/h14,20H,4-13H2,1-3H3. The molecular weight excluding hydrogens is 277 g/mol. The van der Waals surface area contributed by atoms with Crippen LogP contribution >= 0.6 is 0 Å². The zero-order chi connectivity index (χ0) is 15.9. The molecule has 1 atom stereocenters. The first-order valence-electron chi connectivity index (χ1n) is 8.29. The zero-order valence-electron chi connectivity index (χ0n) is 13.7. The van der Waals surface area contributed by atoms with Crippen molar-refractivity contribution in [1.29, 1.82) is 0 Å². The van der Waals surface area contributed by atoms with E-state index in [1.54, 1.807) is 0 Å². The summed E-state index contributed by atoms with van der Waals surface area (Å²) >= 11 is 0. The lowest BCUT2D eigenvalue weighted by atomic mass is 9.79. The molecule has 0 saturated heterocycles. The summed E-state index contributed by atoms with van der Waals surface area (Å²) < 4.78 is 37.3. The van der Waals surface area contributed by atoms with E-state index in [0.29, 0.717) is 6.42 Å². The van der Waals surface area contributed by atoms with Crippen molar-refractivity contribution >= 4 is 0 Å². The molecule has 21 heavy (non-hydrogen) atoms. The predicted molar refractivity (Wildman–Crippen MR) is 81.5 cm³/mol. The van der Waals surface area contributed by atoms with Gasteiger partial charge in [0.2, 0.25) is 0 Å². The van der Waals surface area contributed by atoms with Crippen LogP contribution in [0.25, 0.3) is 0 Å². The van der Waals surface area contributed by atoms with Crippen LogP contribution in [-0.4, -0.2) is 43.3 Å². The van der Waals surface area contributed by atoms with Crippen molar-refractivity contribution in [2.75, 3.05) is 20.6 Å². The fourth-order valence-electron chi connectivity index (χ4n) is 3.76. The molecule has 1 rings (SSSR count). The van der Waals surface area contributed by atoms with Gasteiger partial charge in [-0.05, 0) is 46.3 Å². The molecule has 5 heteroatoms. The molecule has 126 valence electrons. The molecule has 0 amide bonds. The number of hydrogen-bond donors (Lipinski definition) is 1. The second-order valence-electron chi connectivity index (χ2n) is 6.53. The summed E-state index contributed by atoms with van der Waals surface area (Å²) in [5.74, 6) is 0. The van der Waals surface area contributed by atoms with Crippen LogP contribution < -0.4 is 5.32 Å². The number of likely N-dealkylation sites (N-methyl/N-ethyl adjacent to an activating group) is 2. The summed E-state index contributed by atoms with van der Waals surface area (Å²) in [7, 11) is 4.17. The molecule has 0 spiro atoms. The Bertz CT molecular complexity index is 282. The van der Waals surface area contributed by atoms with Crippen LogP contribution in [0.5, 0.6) is 0 Å². The molecule has 0 radical (unpaired) electrons. The van der Waals surface area contributed by atoms with Gasteiger partial charge in [0, 0.05) is 18.0 Å². The maximum atomic E-state index is 12.4. The van der Waals surface area contributed by atoms with Crippen molar-refractivity contribution in [2.24, 2.45) is 0 Å². The third-order valence-electron chi connectivity index (χ3n) is 4.91. The van der Waals surface area contributed by atoms with Crippen molar-refractivity contribution in [3.63, 3.8) is 0 Å². The Balaban J connectivity index is 2.76. The molecule has 2 nitrogen and oxygen atoms in total. The summed E-state index contributed by atoms with van der Waals surface area (Å²) in [5, 5.41) is 3.48. The van der Waals surface area contributed by atoms with Gasteiger partial charge in [0.25, 0.3) is 0 Å². The van der Waals surface area contributed by atoms with E-state index < -0.39 is 12.6 Å². The van der Waals surface area contributed by atoms with E-state index in [0.717, 1.165) is 19.4 Å². The van der Waals surface area contributed by atoms with Gasteiger partial charge in [-0.3, -0.25) is 0 Å². The average Bonchev–Trinajstić information content (AvgIpc) is 2.63. The fourth-order valence-corrected chi connectivity index (χ4v) is 3.76. The monoisotopic (exact) mass is 308 g/mol. The van der Waals surface area contributed by atoms with E-state index in [4.69, 9.17) is 0 Å². The Morgan fingerprint density at radius 3 is 2.10 bits per heavy atom. The van der Waals surface area contributed by atoms with Crippen molar-refractivity contribution in [3.05, 3.63) is 0 Å². The van der Waals surface area contributed by atoms with Crippen LogP contribution in [-0.2, 0) is 0 Å². The number of hydrogen-bond acceptors (Lipinski definition) is 2. The predicted octanol–water partition coefficient (Wildman–Crippen LogP) is 4.35. The normalized spacial score (nSPS) is 21.3. The van der Waals surface area contributed by atoms with Gasteiger partial charge in [-0.2, -0.15) is 13.2 Å². The number of nitrogens with one attached hydrogen (secondary N) is 1. The molecular formula is C16H31F3N2. The molecule has 1 aliphatic rings. The highest BCUT2D eigenvalue weighted by Crippen LogP contribution is 2.36. The number of rotatable bonds is 7. The molecule has 0 aliphatic heterocycles. The van der Waals surface area contributed by atoms with Gasteiger partial charge in [-0.1, -0.05) is 32.6 Å². The fraction of sp³-hybridized carbons (Fsp3) is 1.00. The Kier molecular flexibility index (Phi) is 7.48. The van der Waals surface area contributed by atoms with E-state index in [9.17, 15) is 13.2 Å². The number of halogens is 3. The minimum Gasteiger partial charge on any atom is -0.312 e. The van der Waals surface area contributed by atoms with E-state index in [2.05, 4.69) is 24.3 Å². The second kappa shape index (κ2) is 8.37. The van der Waals surface area contributed by atoms with Crippen LogP contribution in [0.3, 0.4) is 0 Å². The van der Waals surface area contributed by atoms with E-state index in [-0.39, 0.29) is 18.0 Å². The lowest BCUT2D eigenvalue weighted by molar-refractivity contribution is -0.136. The highest BCUT2D eigenvalue weighted by Gasteiger charge is 2.40. The Morgan fingerprint density at radius 1 is 1.10 bits per heavy atom. The SMILES string of the molecule is CCNC(CCCC(F)(F)F)C1(N(C)C)CCCCCC1. The van der Waals surface area contributed by atoms with Gasteiger partial charge in [-0.25, -0.2) is 0 Å². The Morgan fingerprint density at radius 2 is 1.67 bits per heavy atom. The quantitative estimate of drug-likeness (QED) is 0.703. The van der Waals surface area contributed by atoms with Crippen LogP contribution in [0.1, 0.15) is 64.7 Å². The van der Waals surface area contributed by atoms with Crippen LogP contribution in [0.2, 0.25) is 0 Å². The van der Waals surface area contributed by atoms with Crippen LogP contribution in [0, 0.1) is 0 Å². The van der Waals surface area contributed by atoms with Crippen molar-refractivity contribution in [2.45, 2.75) is 82.5 Å². The van der Waals surface area contributed by atoms with Gasteiger partial charge in [0.1, 0.15) is 0 Å². The summed E-state index contributed by atoms with van der Waals surface area (Å²) in [6.07, 6.45) is 3.15. The smallest absolute Gasteiger partial charge is 0.312 e. The van der Waals surface area contributed by atoms with E-state index in [1.165, 1.54) is 25.7 Å². The van der Waals surface area contributed by atoms with Crippen LogP contribution in [0.4, 0.5) is 13.2 Å². The summed E-state index contributed by atoms with van der Waals surface area (Å²) in [4.78, 5) is 2.26. The first kappa shape index (κ1) is 18.8. The Hall–Kier alpha value is -0.290. The molecule has 1 saturated carbocycles. The summed E-state index contributed by atoms with van der Waals surface area (Å²) in [5.41, 5.74) is 0.0120. The molecule has 0 heterocycles. The van der Waals surface area contributed by atoms with Gasteiger partial charge >= 0.3 is 6.18 Å². The average molecular weight is 308 g/mol. The van der Waals surface area contributed by atoms with Gasteiger partial charge in [-0.15, -0.1) is 0 Å². The van der Waals surface area contributed by atoms with E-state index in [1.807, 2.05) is 6.92 Å². The molecule has 0 bridgehead atoms. The Labute approximate surface area is 127 Å². The van der Waals surface area contributed by atoms with Crippen LogP contribution in [0.15, 0.2) is 0 Å². The highest BCUT2D eigenvalue weighted by molar-refractivity contribution is 4.99. The minimum atomic E-state index is -4.04. The van der Waals surface area contributed by atoms with Crippen molar-refractivity contribution in [3.8, 4) is 0 Å². The second-order valence-corrected chi connectivity index (χ2v) is 6.53. The lowest BCUT2D eigenvalue weighted by Gasteiger charge is -2.46. The third kappa shape index (κ3) is 5.78. The van der Waals surface area contributed by atoms with Crippen molar-refractivity contribution in [1.82, 2.24) is 10.2 Å². The third-order valence-corrected chi connectivity index (χ3v) is 4.91. The summed E-state index contributed by atoms with van der Waals surface area (Å²) in [6, 6.07) is 0.151. The summed E-state index contributed by atoms with van der Waals surface area (Å²) in [6.45, 7) is 2.85. The molecule has 1 unspecified atom stereocenters. The van der Waals surface area contributed by atoms with E-state index >= 15 is 0 Å². The van der Waals surface area contributed by atoms with Gasteiger partial charge in [0.15, 0.2) is 0 Å². The lowest BCUT2D eigenvalue weighted by Crippen LogP contribution is -2.58. The highest BCUT2D eigenvalue weighted by atomic mass is 19.4. The topological polar surface area (TPSA) is 15.3 Å².